The Morgan fingerprint density at radius 3 is 2.21 bits per heavy atom. The van der Waals surface area contributed by atoms with Crippen molar-refractivity contribution in [3.05, 3.63) is 124 Å². The minimum absolute atomic E-state index is 0.0170. The van der Waals surface area contributed by atoms with Crippen molar-refractivity contribution in [2.24, 2.45) is 16.2 Å². The summed E-state index contributed by atoms with van der Waals surface area (Å²) < 4.78 is 29.8. The Labute approximate surface area is 505 Å². The number of benzene rings is 4. The van der Waals surface area contributed by atoms with E-state index in [-0.39, 0.29) is 46.4 Å². The number of carbonyl (C=O) groups is 6. The van der Waals surface area contributed by atoms with Crippen LogP contribution in [0.4, 0.5) is 17.1 Å². The van der Waals surface area contributed by atoms with Crippen LogP contribution in [0.5, 0.6) is 0 Å². The fourth-order valence-electron chi connectivity index (χ4n) is 14.5. The molecule has 0 spiro atoms. The van der Waals surface area contributed by atoms with Crippen molar-refractivity contribution in [1.82, 2.24) is 29.6 Å². The minimum Gasteiger partial charge on any atom is -0.384 e. The van der Waals surface area contributed by atoms with Gasteiger partial charge in [-0.1, -0.05) is 62.6 Å². The van der Waals surface area contributed by atoms with Gasteiger partial charge in [-0.2, -0.15) is 0 Å². The average molecular weight is 1190 g/mol. The highest BCUT2D eigenvalue weighted by Crippen LogP contribution is 2.77. The smallest absolute Gasteiger partial charge is 0.264 e. The molecule has 4 aromatic carbocycles. The van der Waals surface area contributed by atoms with Gasteiger partial charge < -0.3 is 20.4 Å². The molecule has 4 aromatic rings. The summed E-state index contributed by atoms with van der Waals surface area (Å²) in [6, 6.07) is 26.5. The molecule has 3 saturated carbocycles. The largest absolute Gasteiger partial charge is 0.384 e. The first kappa shape index (κ1) is 60.2. The molecule has 452 valence electrons. The van der Waals surface area contributed by atoms with Gasteiger partial charge in [0.15, 0.2) is 0 Å². The molecule has 12 rings (SSSR count). The van der Waals surface area contributed by atoms with E-state index in [1.807, 2.05) is 42.2 Å². The van der Waals surface area contributed by atoms with Gasteiger partial charge in [0, 0.05) is 124 Å². The van der Waals surface area contributed by atoms with Crippen LogP contribution < -0.4 is 25.6 Å². The molecule has 2 atom stereocenters. The standard InChI is InChI=1S/C66H83N9O8S2/c1-45-38-51(85(82,83)70-60(78)46-17-19-49(20-18-46)73-34-32-72(33-35-73)40-47-25-27-64(2,3)39-53(47)66-42-65(4,43-66)44-66)21-22-54(45)68-48(41-84-50-12-7-5-8-13-50)26-29-71-30-36-74(37-31-71)58(77)16-9-6-10-28-67-55-15-11-14-52-59(55)63(81)75(62(52)80)56-23-24-57(76)69-61(56)79/h5,7-8,11-15,17-22,38,48,56,67-68H,6,9-10,16,23-37,39-44H2,1-4H3,(H,70,78)(H,69,76,79)/t48-,56?,65?,66?/m1/s1. The maximum Gasteiger partial charge on any atom is 0.264 e. The van der Waals surface area contributed by atoms with Crippen LogP contribution in [0.1, 0.15) is 141 Å². The summed E-state index contributed by atoms with van der Waals surface area (Å²) >= 11 is 1.76. The van der Waals surface area contributed by atoms with E-state index in [1.54, 1.807) is 71.4 Å². The van der Waals surface area contributed by atoms with Gasteiger partial charge in [-0.15, -0.1) is 11.8 Å². The first-order valence-electron chi connectivity index (χ1n) is 30.7. The van der Waals surface area contributed by atoms with Crippen LogP contribution in [0.2, 0.25) is 0 Å². The lowest BCUT2D eigenvalue weighted by molar-refractivity contribution is -0.167. The number of nitrogens with zero attached hydrogens (tertiary/aromatic N) is 5. The third kappa shape index (κ3) is 13.5. The molecule has 0 aromatic heterocycles. The number of piperidine rings is 1. The fraction of sp³-hybridized carbons (Fsp3) is 0.515. The number of hydrogen-bond acceptors (Lipinski definition) is 14. The van der Waals surface area contributed by atoms with E-state index in [9.17, 15) is 37.2 Å². The number of amides is 6. The molecule has 6 amide bonds. The summed E-state index contributed by atoms with van der Waals surface area (Å²) in [6.07, 6.45) is 11.5. The number of piperazine rings is 2. The number of fused-ring (bicyclic) bond motifs is 1. The first-order valence-corrected chi connectivity index (χ1v) is 33.2. The van der Waals surface area contributed by atoms with Crippen LogP contribution >= 0.6 is 11.8 Å². The van der Waals surface area contributed by atoms with E-state index in [1.165, 1.54) is 38.5 Å². The second-order valence-corrected chi connectivity index (χ2v) is 28.9. The quantitative estimate of drug-likeness (QED) is 0.0237. The third-order valence-electron chi connectivity index (χ3n) is 19.1. The number of thioether (sulfide) groups is 1. The SMILES string of the molecule is Cc1cc(S(=O)(=O)NC(=O)c2ccc(N3CCN(CC4=C(C56CC(C)(C5)C6)CC(C)(C)CC4)CC3)cc2)ccc1N[C@H](CCN1CCN(C(=O)CCCCCNc2cccc3c2C(=O)N(C2CCC(=O)NC2=O)C3=O)CC1)CSc1ccccc1. The van der Waals surface area contributed by atoms with E-state index >= 15 is 0 Å². The molecule has 3 saturated heterocycles. The highest BCUT2D eigenvalue weighted by Gasteiger charge is 2.67. The Balaban J connectivity index is 0.614. The zero-order valence-corrected chi connectivity index (χ0v) is 51.4. The Morgan fingerprint density at radius 1 is 0.776 bits per heavy atom. The van der Waals surface area contributed by atoms with E-state index in [0.29, 0.717) is 54.4 Å². The number of aryl methyl sites for hydroxylation is 1. The maximum absolute atomic E-state index is 13.7. The van der Waals surface area contributed by atoms with Gasteiger partial charge in [0.1, 0.15) is 6.04 Å². The molecule has 17 nitrogen and oxygen atoms in total. The van der Waals surface area contributed by atoms with E-state index in [2.05, 4.69) is 68.3 Å². The molecule has 4 N–H and O–H groups in total. The second kappa shape index (κ2) is 25.0. The zero-order valence-electron chi connectivity index (χ0n) is 49.8. The van der Waals surface area contributed by atoms with Crippen molar-refractivity contribution >= 4 is 74.3 Å². The van der Waals surface area contributed by atoms with Gasteiger partial charge in [-0.05, 0) is 160 Å². The van der Waals surface area contributed by atoms with Crippen molar-refractivity contribution in [3.63, 3.8) is 0 Å². The topological polar surface area (TPSA) is 201 Å². The van der Waals surface area contributed by atoms with Crippen LogP contribution in [0.25, 0.3) is 0 Å². The van der Waals surface area contributed by atoms with Gasteiger partial charge in [0.05, 0.1) is 16.0 Å². The predicted octanol–water partition coefficient (Wildman–Crippen LogP) is 9.11. The third-order valence-corrected chi connectivity index (χ3v) is 21.6. The van der Waals surface area contributed by atoms with Crippen LogP contribution in [0.3, 0.4) is 0 Å². The molecular weight excluding hydrogens is 1110 g/mol. The lowest BCUT2D eigenvalue weighted by atomic mass is 9.33. The van der Waals surface area contributed by atoms with E-state index in [4.69, 9.17) is 0 Å². The summed E-state index contributed by atoms with van der Waals surface area (Å²) in [4.78, 5) is 89.2. The zero-order chi connectivity index (χ0) is 59.7. The molecule has 4 aliphatic heterocycles. The Morgan fingerprint density at radius 2 is 1.51 bits per heavy atom. The van der Waals surface area contributed by atoms with Gasteiger partial charge in [-0.3, -0.25) is 48.8 Å². The first-order chi connectivity index (χ1) is 40.7. The predicted molar refractivity (Wildman–Crippen MR) is 332 cm³/mol. The number of rotatable bonds is 23. The van der Waals surface area contributed by atoms with Crippen LogP contribution in [0, 0.1) is 23.2 Å². The summed E-state index contributed by atoms with van der Waals surface area (Å²) in [6.45, 7) is 18.2. The minimum atomic E-state index is -4.18. The van der Waals surface area contributed by atoms with Crippen molar-refractivity contribution in [2.45, 2.75) is 133 Å². The number of anilines is 3. The Bertz CT molecular complexity index is 3330. The van der Waals surface area contributed by atoms with Gasteiger partial charge in [0.2, 0.25) is 17.7 Å². The van der Waals surface area contributed by atoms with Crippen LogP contribution in [0.15, 0.2) is 112 Å². The Kier molecular flexibility index (Phi) is 17.7. The number of sulfonamides is 1. The number of hydrogen-bond donors (Lipinski definition) is 4. The van der Waals surface area contributed by atoms with Crippen molar-refractivity contribution < 1.29 is 37.2 Å². The lowest BCUT2D eigenvalue weighted by Crippen LogP contribution is -2.61. The molecule has 0 radical (unpaired) electrons. The summed E-state index contributed by atoms with van der Waals surface area (Å²) in [5.41, 5.74) is 8.85. The van der Waals surface area contributed by atoms with E-state index in [0.717, 1.165) is 104 Å². The maximum atomic E-state index is 13.7. The summed E-state index contributed by atoms with van der Waals surface area (Å²) in [5, 5.41) is 9.23. The molecule has 2 bridgehead atoms. The molecule has 8 aliphatic rings. The Hall–Kier alpha value is -6.54. The summed E-state index contributed by atoms with van der Waals surface area (Å²) in [7, 11) is -4.18. The number of nitrogens with one attached hydrogen (secondary N) is 4. The fourth-order valence-corrected chi connectivity index (χ4v) is 16.5. The molecule has 4 aliphatic carbocycles. The molecule has 85 heavy (non-hydrogen) atoms. The lowest BCUT2D eigenvalue weighted by Gasteiger charge is -2.72. The average Bonchev–Trinajstić information content (AvgIpc) is 1.26. The number of allylic oxidation sites excluding steroid dienone is 1. The molecule has 4 heterocycles. The monoisotopic (exact) mass is 1190 g/mol. The second-order valence-electron chi connectivity index (χ2n) is 26.2. The molecule has 6 fully saturated rings. The molecule has 19 heteroatoms. The van der Waals surface area contributed by atoms with Crippen LogP contribution in [-0.4, -0.2) is 153 Å². The van der Waals surface area contributed by atoms with Gasteiger partial charge >= 0.3 is 0 Å². The highest BCUT2D eigenvalue weighted by molar-refractivity contribution is 7.99. The van der Waals surface area contributed by atoms with E-state index < -0.39 is 45.6 Å². The highest BCUT2D eigenvalue weighted by atomic mass is 32.2. The molecular formula is C66H83N9O8S2. The van der Waals surface area contributed by atoms with Gasteiger partial charge in [-0.25, -0.2) is 13.1 Å². The number of imide groups is 2. The van der Waals surface area contributed by atoms with Gasteiger partial charge in [0.25, 0.3) is 27.7 Å². The number of unbranched alkanes of at least 4 members (excludes halogenated alkanes) is 2. The summed E-state index contributed by atoms with van der Waals surface area (Å²) in [5.74, 6) is -1.92. The molecule has 1 unspecified atom stereocenters. The number of carbonyl (C=O) groups excluding carboxylic acids is 6. The van der Waals surface area contributed by atoms with Crippen molar-refractivity contribution in [3.8, 4) is 0 Å². The normalized spacial score (nSPS) is 23.7. The van der Waals surface area contributed by atoms with Crippen molar-refractivity contribution in [2.75, 3.05) is 93.3 Å². The van der Waals surface area contributed by atoms with Crippen molar-refractivity contribution in [1.29, 1.82) is 0 Å². The van der Waals surface area contributed by atoms with Crippen LogP contribution in [-0.2, 0) is 24.4 Å².